The van der Waals surface area contributed by atoms with Crippen molar-refractivity contribution in [3.8, 4) is 0 Å². The lowest BCUT2D eigenvalue weighted by atomic mass is 10.2. The zero-order chi connectivity index (χ0) is 6.81. The van der Waals surface area contributed by atoms with Gasteiger partial charge in [-0.05, 0) is 12.1 Å². The highest BCUT2D eigenvalue weighted by molar-refractivity contribution is 5.67. The van der Waals surface area contributed by atoms with Gasteiger partial charge in [-0.2, -0.15) is 0 Å². The molecule has 2 rings (SSSR count). The molecule has 0 saturated heterocycles. The molecular weight excluding hydrogens is 126 g/mol. The monoisotopic (exact) mass is 133 g/mol. The van der Waals surface area contributed by atoms with E-state index in [1.807, 2.05) is 24.5 Å². The SMILES string of the molecule is C1=Cc2cnccc2NN1. The average molecular weight is 133 g/mol. The molecule has 0 saturated carbocycles. The maximum Gasteiger partial charge on any atom is 0.0643 e. The fraction of sp³-hybridized carbons (Fsp3) is 0. The Kier molecular flexibility index (Phi) is 1.07. The van der Waals surface area contributed by atoms with Crippen molar-refractivity contribution >= 4 is 11.8 Å². The van der Waals surface area contributed by atoms with Crippen molar-refractivity contribution in [1.82, 2.24) is 10.4 Å². The number of pyridine rings is 1. The van der Waals surface area contributed by atoms with Crippen molar-refractivity contribution in [2.45, 2.75) is 0 Å². The molecule has 50 valence electrons. The van der Waals surface area contributed by atoms with Crippen molar-refractivity contribution in [3.05, 3.63) is 30.2 Å². The fourth-order valence-corrected chi connectivity index (χ4v) is 0.904. The molecule has 0 fully saturated rings. The lowest BCUT2D eigenvalue weighted by Gasteiger charge is -2.12. The topological polar surface area (TPSA) is 37.0 Å². The van der Waals surface area contributed by atoms with Gasteiger partial charge in [-0.25, -0.2) is 0 Å². The van der Waals surface area contributed by atoms with Gasteiger partial charge in [0.2, 0.25) is 0 Å². The summed E-state index contributed by atoms with van der Waals surface area (Å²) in [5.74, 6) is 0. The van der Waals surface area contributed by atoms with Crippen LogP contribution in [0.1, 0.15) is 5.56 Å². The summed E-state index contributed by atoms with van der Waals surface area (Å²) in [6.07, 6.45) is 7.38. The Balaban J connectivity index is 2.54. The van der Waals surface area contributed by atoms with E-state index < -0.39 is 0 Å². The van der Waals surface area contributed by atoms with E-state index in [2.05, 4.69) is 15.8 Å². The van der Waals surface area contributed by atoms with Gasteiger partial charge in [0.1, 0.15) is 0 Å². The predicted octanol–water partition coefficient (Wildman–Crippen LogP) is 0.982. The molecule has 0 atom stereocenters. The summed E-state index contributed by atoms with van der Waals surface area (Å²) in [4.78, 5) is 3.98. The normalized spacial score (nSPS) is 13.2. The van der Waals surface area contributed by atoms with Crippen molar-refractivity contribution in [3.63, 3.8) is 0 Å². The number of hydrogen-bond acceptors (Lipinski definition) is 3. The summed E-state index contributed by atoms with van der Waals surface area (Å²) in [6, 6.07) is 1.92. The number of anilines is 1. The largest absolute Gasteiger partial charge is 0.308 e. The van der Waals surface area contributed by atoms with Gasteiger partial charge in [0, 0.05) is 24.2 Å². The Morgan fingerprint density at radius 1 is 1.40 bits per heavy atom. The number of fused-ring (bicyclic) bond motifs is 1. The van der Waals surface area contributed by atoms with E-state index in [4.69, 9.17) is 0 Å². The third-order valence-corrected chi connectivity index (χ3v) is 1.40. The predicted molar refractivity (Wildman–Crippen MR) is 40.0 cm³/mol. The zero-order valence-corrected chi connectivity index (χ0v) is 5.33. The van der Waals surface area contributed by atoms with Crippen LogP contribution in [0.2, 0.25) is 0 Å². The van der Waals surface area contributed by atoms with E-state index >= 15 is 0 Å². The molecule has 1 aliphatic rings. The number of nitrogens with one attached hydrogen (secondary N) is 2. The van der Waals surface area contributed by atoms with Gasteiger partial charge in [0.05, 0.1) is 5.69 Å². The molecule has 3 heteroatoms. The molecule has 0 unspecified atom stereocenters. The number of nitrogens with zero attached hydrogens (tertiary/aromatic N) is 1. The molecule has 0 amide bonds. The quantitative estimate of drug-likeness (QED) is 0.554. The maximum absolute atomic E-state index is 3.98. The first kappa shape index (κ1) is 5.29. The van der Waals surface area contributed by atoms with E-state index in [0.29, 0.717) is 0 Å². The Morgan fingerprint density at radius 3 is 3.30 bits per heavy atom. The smallest absolute Gasteiger partial charge is 0.0643 e. The Morgan fingerprint density at radius 2 is 2.40 bits per heavy atom. The highest BCUT2D eigenvalue weighted by Gasteiger charge is 1.99. The van der Waals surface area contributed by atoms with Crippen LogP contribution in [-0.4, -0.2) is 4.98 Å². The standard InChI is InChI=1S/C7H7N3/c1-4-9-10-7-2-3-8-5-6(1)7/h1-5,9-10H. The summed E-state index contributed by atoms with van der Waals surface area (Å²) >= 11 is 0. The van der Waals surface area contributed by atoms with Gasteiger partial charge >= 0.3 is 0 Å². The molecule has 1 aromatic rings. The van der Waals surface area contributed by atoms with Crippen LogP contribution < -0.4 is 10.9 Å². The minimum Gasteiger partial charge on any atom is -0.308 e. The summed E-state index contributed by atoms with van der Waals surface area (Å²) < 4.78 is 0. The average Bonchev–Trinajstić information content (AvgIpc) is 2.05. The van der Waals surface area contributed by atoms with Crippen LogP contribution in [0.15, 0.2) is 24.7 Å². The molecule has 0 bridgehead atoms. The number of aromatic nitrogens is 1. The molecule has 0 aliphatic carbocycles. The van der Waals surface area contributed by atoms with E-state index in [0.717, 1.165) is 11.3 Å². The second kappa shape index (κ2) is 2.02. The van der Waals surface area contributed by atoms with Gasteiger partial charge in [-0.1, -0.05) is 0 Å². The molecule has 1 aromatic heterocycles. The summed E-state index contributed by atoms with van der Waals surface area (Å²) in [5, 5.41) is 0. The highest BCUT2D eigenvalue weighted by atomic mass is 15.3. The van der Waals surface area contributed by atoms with Gasteiger partial charge in [0.15, 0.2) is 0 Å². The number of hydrazine groups is 1. The fourth-order valence-electron chi connectivity index (χ4n) is 0.904. The first-order valence-corrected chi connectivity index (χ1v) is 3.09. The van der Waals surface area contributed by atoms with Gasteiger partial charge < -0.3 is 10.9 Å². The molecule has 1 aliphatic heterocycles. The molecule has 0 aromatic carbocycles. The van der Waals surface area contributed by atoms with Gasteiger partial charge in [-0.15, -0.1) is 0 Å². The second-order valence-electron chi connectivity index (χ2n) is 2.07. The molecule has 3 nitrogen and oxygen atoms in total. The molecule has 10 heavy (non-hydrogen) atoms. The Labute approximate surface area is 58.8 Å². The second-order valence-corrected chi connectivity index (χ2v) is 2.07. The lowest BCUT2D eigenvalue weighted by Crippen LogP contribution is -2.17. The van der Waals surface area contributed by atoms with Crippen LogP contribution in [0.5, 0.6) is 0 Å². The van der Waals surface area contributed by atoms with Crippen molar-refractivity contribution in [1.29, 1.82) is 0 Å². The van der Waals surface area contributed by atoms with Crippen LogP contribution in [0, 0.1) is 0 Å². The third kappa shape index (κ3) is 0.719. The van der Waals surface area contributed by atoms with E-state index in [1.165, 1.54) is 0 Å². The lowest BCUT2D eigenvalue weighted by molar-refractivity contribution is 1.04. The molecule has 2 N–H and O–H groups in total. The Bertz CT molecular complexity index is 267. The zero-order valence-electron chi connectivity index (χ0n) is 5.33. The van der Waals surface area contributed by atoms with Gasteiger partial charge in [0.25, 0.3) is 0 Å². The number of rotatable bonds is 0. The van der Waals surface area contributed by atoms with E-state index in [9.17, 15) is 0 Å². The van der Waals surface area contributed by atoms with E-state index in [1.54, 1.807) is 6.20 Å². The first-order chi connectivity index (χ1) is 4.97. The van der Waals surface area contributed by atoms with Crippen molar-refractivity contribution in [2.24, 2.45) is 0 Å². The Hall–Kier alpha value is -1.51. The molecule has 0 spiro atoms. The summed E-state index contributed by atoms with van der Waals surface area (Å²) in [7, 11) is 0. The third-order valence-electron chi connectivity index (χ3n) is 1.40. The minimum atomic E-state index is 1.07. The van der Waals surface area contributed by atoms with Crippen LogP contribution in [0.4, 0.5) is 5.69 Å². The van der Waals surface area contributed by atoms with Crippen LogP contribution in [-0.2, 0) is 0 Å². The molecule has 2 heterocycles. The summed E-state index contributed by atoms with van der Waals surface area (Å²) in [6.45, 7) is 0. The molecule has 0 radical (unpaired) electrons. The van der Waals surface area contributed by atoms with Crippen molar-refractivity contribution in [2.75, 3.05) is 5.43 Å². The van der Waals surface area contributed by atoms with Crippen LogP contribution in [0.3, 0.4) is 0 Å². The van der Waals surface area contributed by atoms with E-state index in [-0.39, 0.29) is 0 Å². The van der Waals surface area contributed by atoms with Crippen molar-refractivity contribution < 1.29 is 0 Å². The van der Waals surface area contributed by atoms with Crippen LogP contribution >= 0.6 is 0 Å². The van der Waals surface area contributed by atoms with Gasteiger partial charge in [-0.3, -0.25) is 4.98 Å². The highest BCUT2D eigenvalue weighted by Crippen LogP contribution is 2.15. The first-order valence-electron chi connectivity index (χ1n) is 3.09. The maximum atomic E-state index is 3.98. The number of hydrogen-bond donors (Lipinski definition) is 2. The molecular formula is C7H7N3. The summed E-state index contributed by atoms with van der Waals surface area (Å²) in [5.41, 5.74) is 8.05. The van der Waals surface area contributed by atoms with Crippen LogP contribution in [0.25, 0.3) is 6.08 Å². The minimum absolute atomic E-state index is 1.07.